The van der Waals surface area contributed by atoms with E-state index in [2.05, 4.69) is 11.5 Å². The third-order valence-corrected chi connectivity index (χ3v) is 0. The zero-order valence-corrected chi connectivity index (χ0v) is 8.63. The lowest BCUT2D eigenvalue weighted by Gasteiger charge is -1.88. The van der Waals surface area contributed by atoms with Gasteiger partial charge in [0.15, 0.2) is 0 Å². The number of primary amides is 2. The summed E-state index contributed by atoms with van der Waals surface area (Å²) in [5.74, 6) is 0. The van der Waals surface area contributed by atoms with Crippen LogP contribution >= 0.6 is 0 Å². The highest BCUT2D eigenvalue weighted by Crippen LogP contribution is 1.58. The van der Waals surface area contributed by atoms with E-state index in [1.54, 1.807) is 0 Å². The van der Waals surface area contributed by atoms with Crippen molar-refractivity contribution >= 4 is 16.4 Å². The zero-order valence-electron chi connectivity index (χ0n) is 7.82. The molecule has 0 aromatic rings. The van der Waals surface area contributed by atoms with E-state index in [-0.39, 0.29) is 12.3 Å². The van der Waals surface area contributed by atoms with E-state index >= 15 is 0 Å². The summed E-state index contributed by atoms with van der Waals surface area (Å²) in [5, 5.41) is 14.8. The van der Waals surface area contributed by atoms with Gasteiger partial charge in [0.05, 0.1) is 5.09 Å². The first kappa shape index (κ1) is 29.2. The van der Waals surface area contributed by atoms with Gasteiger partial charge in [-0.1, -0.05) is 0 Å². The van der Waals surface area contributed by atoms with Crippen LogP contribution in [-0.2, 0) is 10.4 Å². The minimum Gasteiger partial charge on any atom is -0.726 e. The van der Waals surface area contributed by atoms with Crippen molar-refractivity contribution in [3.8, 4) is 0 Å². The van der Waals surface area contributed by atoms with Crippen LogP contribution in [0.5, 0.6) is 0 Å². The van der Waals surface area contributed by atoms with Gasteiger partial charge in [-0.05, 0) is 0 Å². The third kappa shape index (κ3) is 426. The van der Waals surface area contributed by atoms with Crippen LogP contribution in [0.1, 0.15) is 0 Å². The molecule has 0 aliphatic carbocycles. The van der Waals surface area contributed by atoms with E-state index < -0.39 is 21.5 Å². The molecule has 96 valence electrons. The average Bonchev–Trinajstić information content (AvgIpc) is 1.50. The largest absolute Gasteiger partial charge is 0.726 e. The van der Waals surface area contributed by atoms with E-state index in [4.69, 9.17) is 37.6 Å². The number of hydrogen-bond donors (Lipinski definition) is 5. The quantitative estimate of drug-likeness (QED) is 0.147. The van der Waals surface area contributed by atoms with Crippen molar-refractivity contribution in [2.75, 3.05) is 0 Å². The number of hydrogen-bond acceptors (Lipinski definition) is 7. The number of nitrogens with zero attached hydrogens (tertiary/aromatic N) is 1. The maximum Gasteiger partial charge on any atom is 0.309 e. The number of quaternary nitrogens is 2. The summed E-state index contributed by atoms with van der Waals surface area (Å²) in [5.41, 5.74) is 8.50. The number of carbonyl (C=O) groups excluding carboxylic acids is 1. The fraction of sp³-hybridized carbons (Fsp3) is 0. The molecule has 0 aliphatic heterocycles. The molecule has 0 aliphatic rings. The smallest absolute Gasteiger partial charge is 0.309 e. The summed E-state index contributed by atoms with van der Waals surface area (Å²) < 4.78 is 32.8. The van der Waals surface area contributed by atoms with Crippen molar-refractivity contribution in [3.05, 3.63) is 15.3 Å². The van der Waals surface area contributed by atoms with Crippen molar-refractivity contribution in [2.45, 2.75) is 0 Å². The van der Waals surface area contributed by atoms with Gasteiger partial charge in [-0.3, -0.25) is 4.55 Å². The molecule has 0 rings (SSSR count). The minimum absolute atomic E-state index is 0. The summed E-state index contributed by atoms with van der Waals surface area (Å²) in [4.78, 5) is 17.2. The minimum atomic E-state index is -4.92. The summed E-state index contributed by atoms with van der Waals surface area (Å²) >= 11 is 0. The van der Waals surface area contributed by atoms with Crippen LogP contribution in [0.4, 0.5) is 4.79 Å². The van der Waals surface area contributed by atoms with Crippen molar-refractivity contribution in [1.29, 1.82) is 0 Å². The summed E-state index contributed by atoms with van der Waals surface area (Å²) in [6.45, 7) is 0. The summed E-state index contributed by atoms with van der Waals surface area (Å²) in [7, 11) is -4.92. The van der Waals surface area contributed by atoms with Crippen LogP contribution in [0, 0.1) is 15.3 Å². The normalized spacial score (nSPS) is 7.07. The van der Waals surface area contributed by atoms with Gasteiger partial charge in [0, 0.05) is 0 Å². The lowest BCUT2D eigenvalue weighted by Crippen LogP contribution is -2.18. The van der Waals surface area contributed by atoms with E-state index in [9.17, 15) is 0 Å². The Labute approximate surface area is 83.9 Å². The van der Waals surface area contributed by atoms with Gasteiger partial charge in [0.25, 0.3) is 0 Å². The van der Waals surface area contributed by atoms with Gasteiger partial charge in [-0.15, -0.1) is 0 Å². The molecule has 0 bridgehead atoms. The van der Waals surface area contributed by atoms with Crippen LogP contribution in [0.3, 0.4) is 0 Å². The van der Waals surface area contributed by atoms with E-state index in [1.807, 2.05) is 0 Å². The van der Waals surface area contributed by atoms with E-state index in [1.165, 1.54) is 0 Å². The Morgan fingerprint density at radius 3 is 1.20 bits per heavy atom. The Morgan fingerprint density at radius 1 is 1.20 bits per heavy atom. The number of amides is 2. The number of nitrogens with two attached hydrogens (primary N) is 2. The molecule has 0 unspecified atom stereocenters. The first-order valence-corrected chi connectivity index (χ1v) is 3.38. The van der Waals surface area contributed by atoms with Gasteiger partial charge in [0.1, 0.15) is 0 Å². The van der Waals surface area contributed by atoms with Gasteiger partial charge in [-0.2, -0.15) is 0 Å². The van der Waals surface area contributed by atoms with Crippen molar-refractivity contribution < 1.29 is 27.4 Å². The lowest BCUT2D eigenvalue weighted by molar-refractivity contribution is -0.402. The molecule has 0 heterocycles. The SMILES string of the molecule is NC(N)=O.O=S(=O)([O-])O.O=[N+]([O-])[O-].[NH4+].[NH4+]. The first-order valence-electron chi connectivity index (χ1n) is 2.01. The van der Waals surface area contributed by atoms with Crippen LogP contribution in [0.25, 0.3) is 0 Å². The van der Waals surface area contributed by atoms with Crippen molar-refractivity contribution in [3.63, 3.8) is 0 Å². The maximum atomic E-state index is 9.00. The Bertz CT molecular complexity index is 218. The predicted octanol–water partition coefficient (Wildman–Crippen LogP) is -1.46. The van der Waals surface area contributed by atoms with Crippen LogP contribution in [-0.4, -0.2) is 28.6 Å². The third-order valence-electron chi connectivity index (χ3n) is 0. The monoisotopic (exact) mass is 255 g/mol. The Kier molecular flexibility index (Phi) is 28.8. The molecule has 13 nitrogen and oxygen atoms in total. The molecule has 0 radical (unpaired) electrons. The highest BCUT2D eigenvalue weighted by atomic mass is 32.3. The second-order valence-electron chi connectivity index (χ2n) is 1.05. The topological polar surface area (TPSA) is 286 Å². The lowest BCUT2D eigenvalue weighted by atomic mass is 11.2. The first-order chi connectivity index (χ1) is 5.46. The van der Waals surface area contributed by atoms with Crippen LogP contribution in [0.2, 0.25) is 0 Å². The van der Waals surface area contributed by atoms with E-state index in [0.29, 0.717) is 0 Å². The highest BCUT2D eigenvalue weighted by Gasteiger charge is 1.67. The molecular weight excluding hydrogens is 242 g/mol. The van der Waals surface area contributed by atoms with E-state index in [0.717, 1.165) is 0 Å². The molecule has 15 heavy (non-hydrogen) atoms. The summed E-state index contributed by atoms with van der Waals surface area (Å²) in [6.07, 6.45) is 0. The fourth-order valence-electron chi connectivity index (χ4n) is 0. The summed E-state index contributed by atoms with van der Waals surface area (Å²) in [6, 6.07) is -0.833. The van der Waals surface area contributed by atoms with Crippen molar-refractivity contribution in [2.24, 2.45) is 11.5 Å². The van der Waals surface area contributed by atoms with Gasteiger partial charge in [-0.25, -0.2) is 13.2 Å². The molecule has 2 amide bonds. The number of urea groups is 1. The molecule has 0 fully saturated rings. The molecule has 14 heteroatoms. The molecule has 0 saturated carbocycles. The molecule has 0 atom stereocenters. The van der Waals surface area contributed by atoms with Crippen LogP contribution in [0.15, 0.2) is 0 Å². The molecule has 0 saturated heterocycles. The Morgan fingerprint density at radius 2 is 1.20 bits per heavy atom. The molecule has 0 aromatic carbocycles. The van der Waals surface area contributed by atoms with Gasteiger partial charge < -0.3 is 43.6 Å². The zero-order chi connectivity index (χ0) is 11.7. The fourth-order valence-corrected chi connectivity index (χ4v) is 0. The number of carbonyl (C=O) groups is 1. The maximum absolute atomic E-state index is 9.00. The average molecular weight is 255 g/mol. The molecule has 0 aromatic heterocycles. The number of rotatable bonds is 0. The van der Waals surface area contributed by atoms with Gasteiger partial charge in [0.2, 0.25) is 10.4 Å². The molecule has 13 N–H and O–H groups in total. The van der Waals surface area contributed by atoms with Crippen LogP contribution < -0.4 is 23.8 Å². The van der Waals surface area contributed by atoms with Gasteiger partial charge >= 0.3 is 6.03 Å². The second kappa shape index (κ2) is 14.8. The Hall–Kier alpha value is -1.74. The predicted molar refractivity (Wildman–Crippen MR) is 48.4 cm³/mol. The molecule has 0 spiro atoms. The second-order valence-corrected chi connectivity index (χ2v) is 1.91. The molecular formula is CH13N5O8S. The highest BCUT2D eigenvalue weighted by molar-refractivity contribution is 7.79. The Balaban J connectivity index is -0.0000000315. The van der Waals surface area contributed by atoms with Crippen molar-refractivity contribution in [1.82, 2.24) is 12.3 Å². The standard InChI is InChI=1S/CH4N2O.NO3.2H3N.H2O4S/c2*2-1(3)4;;;1-5(2,3)4/h(H4,2,3,4);;2*1H3;(H2,1,2,3,4)/q;-1;;;/p+1.